The molecule has 0 bridgehead atoms. The van der Waals surface area contributed by atoms with Gasteiger partial charge in [-0.05, 0) is 95.5 Å². The molecule has 7 aromatic heterocycles. The number of morpholine rings is 1. The molecule has 0 radical (unpaired) electrons. The Balaban J connectivity index is 0.000000317. The minimum Gasteiger partial charge on any atom is -0.378 e. The van der Waals surface area contributed by atoms with Crippen LogP contribution in [0.1, 0.15) is 196 Å². The third-order valence-electron chi connectivity index (χ3n) is 12.1. The van der Waals surface area contributed by atoms with Crippen LogP contribution in [0.4, 0.5) is 5.82 Å². The third kappa shape index (κ3) is 27.6. The fourth-order valence-corrected chi connectivity index (χ4v) is 7.22. The molecule has 1 aliphatic rings. The van der Waals surface area contributed by atoms with Gasteiger partial charge in [0, 0.05) is 125 Å². The Bertz CT molecular complexity index is 2540. The summed E-state index contributed by atoms with van der Waals surface area (Å²) in [6.07, 6.45) is 18.2. The van der Waals surface area contributed by atoms with E-state index in [1.165, 1.54) is 27.9 Å². The van der Waals surface area contributed by atoms with Crippen LogP contribution in [0.25, 0.3) is 0 Å². The lowest BCUT2D eigenvalue weighted by molar-refractivity contribution is 0.122. The van der Waals surface area contributed by atoms with E-state index in [4.69, 9.17) is 16.3 Å². The number of ether oxygens (including phenoxy) is 1. The van der Waals surface area contributed by atoms with Gasteiger partial charge in [-0.25, -0.2) is 4.98 Å². The first-order chi connectivity index (χ1) is 36.4. The Morgan fingerprint density at radius 1 is 0.380 bits per heavy atom. The second-order valence-electron chi connectivity index (χ2n) is 27.1. The first-order valence-electron chi connectivity index (χ1n) is 27.8. The van der Waals surface area contributed by atoms with Gasteiger partial charge in [0.05, 0.1) is 23.9 Å². The first kappa shape index (κ1) is 69.1. The standard InChI is InChI=1S/C13H20N2O.2C10H15N.C9H12ClN.2C9H13N.C8H12N2/c1-13(2,3)11-4-5-12(14-10-11)15-6-8-16-9-7-15;1-8-5-6-9(11-7-8)10(2,3)4;1-8-6-5-7-11-9(8)10(2,3)4;1-9(2,3)8-5-4-7(10)6-11-8;1-9(2,3)8-5-4-6-10-7-8;1-9(2,3)8-6-4-5-7-10-8;1-8(2,3)7-6-9-4-5-10-7/h4-5,10H,6-9H2,1-3H3;2*5-7H,1-4H3;4-6H,1-3H3;2*4-7H,1-3H3;4-6H,1-3H3. The molecule has 79 heavy (non-hydrogen) atoms. The van der Waals surface area contributed by atoms with E-state index in [1.54, 1.807) is 31.0 Å². The molecule has 0 aliphatic carbocycles. The maximum Gasteiger partial charge on any atom is 0.128 e. The zero-order valence-electron chi connectivity index (χ0n) is 52.9. The number of nitrogens with zero attached hydrogens (tertiary/aromatic N) is 9. The summed E-state index contributed by atoms with van der Waals surface area (Å²) in [6, 6.07) is 26.5. The fourth-order valence-electron chi connectivity index (χ4n) is 7.11. The molecular weight excluding hydrogens is 994 g/mol. The molecule has 11 heteroatoms. The van der Waals surface area contributed by atoms with Crippen LogP contribution >= 0.6 is 11.6 Å². The molecule has 1 fully saturated rings. The molecule has 7 aromatic rings. The van der Waals surface area contributed by atoms with Crippen molar-refractivity contribution in [2.75, 3.05) is 31.2 Å². The van der Waals surface area contributed by atoms with Crippen LogP contribution in [0, 0.1) is 13.8 Å². The Morgan fingerprint density at radius 3 is 1.24 bits per heavy atom. The highest BCUT2D eigenvalue weighted by Crippen LogP contribution is 2.26. The normalized spacial score (nSPS) is 12.8. The van der Waals surface area contributed by atoms with Crippen molar-refractivity contribution in [1.82, 2.24) is 39.9 Å². The van der Waals surface area contributed by atoms with Gasteiger partial charge in [0.15, 0.2) is 0 Å². The second kappa shape index (κ2) is 31.1. The van der Waals surface area contributed by atoms with Gasteiger partial charge in [0.1, 0.15) is 5.82 Å². The van der Waals surface area contributed by atoms with Gasteiger partial charge in [0.25, 0.3) is 0 Å². The van der Waals surface area contributed by atoms with Crippen molar-refractivity contribution >= 4 is 17.4 Å². The van der Waals surface area contributed by atoms with Crippen LogP contribution in [0.15, 0.2) is 141 Å². The molecule has 0 atom stereocenters. The van der Waals surface area contributed by atoms with Crippen LogP contribution in [0.3, 0.4) is 0 Å². The number of halogens is 1. The van der Waals surface area contributed by atoms with E-state index in [9.17, 15) is 0 Å². The maximum absolute atomic E-state index is 5.70. The van der Waals surface area contributed by atoms with Crippen LogP contribution in [0.2, 0.25) is 5.02 Å². The summed E-state index contributed by atoms with van der Waals surface area (Å²) in [7, 11) is 0. The van der Waals surface area contributed by atoms with Crippen molar-refractivity contribution in [2.24, 2.45) is 0 Å². The van der Waals surface area contributed by atoms with Gasteiger partial charge < -0.3 is 9.64 Å². The summed E-state index contributed by atoms with van der Waals surface area (Å²) < 4.78 is 5.33. The summed E-state index contributed by atoms with van der Waals surface area (Å²) in [5.74, 6) is 1.07. The summed E-state index contributed by atoms with van der Waals surface area (Å²) in [6.45, 7) is 53.1. The lowest BCUT2D eigenvalue weighted by Gasteiger charge is -2.28. The van der Waals surface area contributed by atoms with Crippen molar-refractivity contribution in [1.29, 1.82) is 0 Å². The summed E-state index contributed by atoms with van der Waals surface area (Å²) in [5, 5.41) is 0.693. The average molecular weight is 1100 g/mol. The maximum atomic E-state index is 5.70. The summed E-state index contributed by atoms with van der Waals surface area (Å²) in [5.41, 5.74) is 11.8. The van der Waals surface area contributed by atoms with E-state index in [2.05, 4.69) is 246 Å². The zero-order chi connectivity index (χ0) is 59.9. The highest BCUT2D eigenvalue weighted by atomic mass is 35.5. The monoisotopic (exact) mass is 1090 g/mol. The van der Waals surface area contributed by atoms with Crippen molar-refractivity contribution in [3.8, 4) is 0 Å². The molecular formula is C68H100ClN9O. The fraction of sp³-hybridized carbons (Fsp3) is 0.500. The lowest BCUT2D eigenvalue weighted by Crippen LogP contribution is -2.36. The molecule has 0 spiro atoms. The number of rotatable bonds is 1. The molecule has 0 N–H and O–H groups in total. The number of hydrogen-bond acceptors (Lipinski definition) is 10. The van der Waals surface area contributed by atoms with E-state index in [-0.39, 0.29) is 37.9 Å². The Morgan fingerprint density at radius 2 is 0.886 bits per heavy atom. The van der Waals surface area contributed by atoms with Crippen molar-refractivity contribution in [2.45, 2.75) is 197 Å². The predicted octanol–water partition coefficient (Wildman–Crippen LogP) is 17.2. The minimum atomic E-state index is 0.116. The molecule has 8 rings (SSSR count). The molecule has 0 aromatic carbocycles. The van der Waals surface area contributed by atoms with Crippen LogP contribution < -0.4 is 4.90 Å². The van der Waals surface area contributed by atoms with E-state index in [0.29, 0.717) is 5.02 Å². The summed E-state index contributed by atoms with van der Waals surface area (Å²) >= 11 is 5.70. The smallest absolute Gasteiger partial charge is 0.128 e. The third-order valence-corrected chi connectivity index (χ3v) is 12.4. The topological polar surface area (TPSA) is 116 Å². The number of aromatic nitrogens is 8. The number of aryl methyl sites for hydroxylation is 2. The van der Waals surface area contributed by atoms with Crippen molar-refractivity contribution in [3.63, 3.8) is 0 Å². The van der Waals surface area contributed by atoms with E-state index < -0.39 is 0 Å². The van der Waals surface area contributed by atoms with Crippen LogP contribution in [0.5, 0.6) is 0 Å². The molecule has 8 heterocycles. The molecule has 10 nitrogen and oxygen atoms in total. The van der Waals surface area contributed by atoms with Gasteiger partial charge in [-0.3, -0.25) is 34.9 Å². The number of anilines is 1. The molecule has 430 valence electrons. The predicted molar refractivity (Wildman–Crippen MR) is 336 cm³/mol. The highest BCUT2D eigenvalue weighted by Gasteiger charge is 2.20. The highest BCUT2D eigenvalue weighted by molar-refractivity contribution is 6.30. The lowest BCUT2D eigenvalue weighted by atomic mass is 9.88. The Hall–Kier alpha value is -5.97. The van der Waals surface area contributed by atoms with Gasteiger partial charge in [-0.1, -0.05) is 187 Å². The average Bonchev–Trinajstić information content (AvgIpc) is 3.37. The van der Waals surface area contributed by atoms with Gasteiger partial charge in [-0.2, -0.15) is 0 Å². The largest absolute Gasteiger partial charge is 0.378 e. The van der Waals surface area contributed by atoms with Gasteiger partial charge >= 0.3 is 0 Å². The number of pyridine rings is 6. The molecule has 0 amide bonds. The van der Waals surface area contributed by atoms with E-state index >= 15 is 0 Å². The molecule has 1 aliphatic heterocycles. The molecule has 0 saturated carbocycles. The molecule has 1 saturated heterocycles. The van der Waals surface area contributed by atoms with Crippen molar-refractivity contribution < 1.29 is 4.74 Å². The second-order valence-corrected chi connectivity index (χ2v) is 27.5. The van der Waals surface area contributed by atoms with E-state index in [0.717, 1.165) is 54.9 Å². The van der Waals surface area contributed by atoms with Crippen molar-refractivity contribution in [3.05, 3.63) is 197 Å². The minimum absolute atomic E-state index is 0.116. The van der Waals surface area contributed by atoms with Gasteiger partial charge in [0.2, 0.25) is 0 Å². The van der Waals surface area contributed by atoms with Gasteiger partial charge in [-0.15, -0.1) is 0 Å². The van der Waals surface area contributed by atoms with Crippen LogP contribution in [-0.4, -0.2) is 66.2 Å². The Kier molecular flexibility index (Phi) is 27.3. The Labute approximate surface area is 484 Å². The molecule has 0 unspecified atom stereocenters. The first-order valence-corrected chi connectivity index (χ1v) is 28.1. The number of hydrogen-bond donors (Lipinski definition) is 0. The summed E-state index contributed by atoms with van der Waals surface area (Å²) in [4.78, 5) is 36.2. The van der Waals surface area contributed by atoms with Crippen LogP contribution in [-0.2, 0) is 42.6 Å². The quantitative estimate of drug-likeness (QED) is 0.157. The zero-order valence-corrected chi connectivity index (χ0v) is 53.7. The van der Waals surface area contributed by atoms with E-state index in [1.807, 2.05) is 67.4 Å². The SMILES string of the molecule is CC(C)(C)c1ccc(Cl)cn1.CC(C)(C)c1ccc(N2CCOCC2)nc1.CC(C)(C)c1ccccn1.CC(C)(C)c1cccnc1.CC(C)(C)c1cnccn1.Cc1ccc(C(C)(C)C)nc1.Cc1cccnc1C(C)(C)C.